The molecule has 0 aromatic heterocycles. The second-order valence-electron chi connectivity index (χ2n) is 28.3. The van der Waals surface area contributed by atoms with Crippen LogP contribution >= 0.6 is 0 Å². The predicted octanol–water partition coefficient (Wildman–Crippen LogP) is 25.9. The van der Waals surface area contributed by atoms with E-state index in [-0.39, 0.29) is 38.6 Å². The number of hydrogen-bond donors (Lipinski definition) is 0. The summed E-state index contributed by atoms with van der Waals surface area (Å²) in [6.45, 7) is 4.48. The molecule has 0 aromatic rings. The number of unbranched alkanes of at least 4 members (excludes halogenated alkanes) is 28. The molecule has 0 aliphatic heterocycles. The van der Waals surface area contributed by atoms with Gasteiger partial charge in [0.2, 0.25) is 0 Å². The van der Waals surface area contributed by atoms with E-state index in [1.807, 2.05) is 21.1 Å². The third-order valence-electron chi connectivity index (χ3n) is 17.3. The number of rotatable bonds is 75. The third kappa shape index (κ3) is 83.3. The molecule has 582 valence electrons. The summed E-state index contributed by atoms with van der Waals surface area (Å²) in [6.07, 6.45) is 123. The van der Waals surface area contributed by atoms with E-state index >= 15 is 0 Å². The van der Waals surface area contributed by atoms with Crippen molar-refractivity contribution in [1.29, 1.82) is 0 Å². The zero-order valence-corrected chi connectivity index (χ0v) is 66.6. The Kier molecular flexibility index (Phi) is 77.1. The molecule has 9 heteroatoms. The van der Waals surface area contributed by atoms with E-state index in [1.165, 1.54) is 154 Å². The van der Waals surface area contributed by atoms with Crippen LogP contribution in [-0.4, -0.2) is 82.3 Å². The van der Waals surface area contributed by atoms with Crippen LogP contribution in [0.3, 0.4) is 0 Å². The van der Waals surface area contributed by atoms with Gasteiger partial charge < -0.3 is 33.3 Å². The number of esters is 2. The molecule has 0 fully saturated rings. The molecule has 0 aliphatic rings. The van der Waals surface area contributed by atoms with Crippen LogP contribution in [0.2, 0.25) is 0 Å². The molecule has 0 spiro atoms. The maximum absolute atomic E-state index is 13.0. The van der Waals surface area contributed by atoms with Crippen LogP contribution in [0.25, 0.3) is 0 Å². The van der Waals surface area contributed by atoms with Gasteiger partial charge in [-0.2, -0.15) is 0 Å². The second-order valence-corrected chi connectivity index (χ2v) is 28.3. The van der Waals surface area contributed by atoms with Crippen LogP contribution in [0.4, 0.5) is 0 Å². The molecular weight excluding hydrogens is 1270 g/mol. The van der Waals surface area contributed by atoms with Gasteiger partial charge in [0, 0.05) is 12.8 Å². The number of ether oxygens (including phenoxy) is 4. The molecule has 0 aromatic carbocycles. The topological polar surface area (TPSA) is 111 Å². The molecule has 0 rings (SSSR count). The van der Waals surface area contributed by atoms with Gasteiger partial charge in [-0.3, -0.25) is 9.59 Å². The van der Waals surface area contributed by atoms with Crippen molar-refractivity contribution in [2.24, 2.45) is 0 Å². The van der Waals surface area contributed by atoms with E-state index in [2.05, 4.69) is 208 Å². The Morgan fingerprint density at radius 2 is 0.524 bits per heavy atom. The monoisotopic (exact) mass is 1420 g/mol. The second kappa shape index (κ2) is 81.8. The predicted molar refractivity (Wildman–Crippen MR) is 444 cm³/mol. The first kappa shape index (κ1) is 97.1. The SMILES string of the molecule is CC/C=C\C/C=C\C/C=C\C/C=C\C/C=C\C/C=C\C/C=C\C/C=C\C/C=C\C/C=C\C/C=C\C/C=C\CCCCC(=O)OC(COC(=O)CCCCCCCCCCCCCCCCCCCCCCCCCCCC/C=C\C/C=C\C/C=C\C/C=C\CC)COC(OCC[N+](C)(C)C)C(=O)[O-]. The van der Waals surface area contributed by atoms with E-state index in [4.69, 9.17) is 18.9 Å². The number of likely N-dealkylation sites (N-methyl/N-ethyl adjacent to an activating group) is 1. The lowest BCUT2D eigenvalue weighted by atomic mass is 10.0. The summed E-state index contributed by atoms with van der Waals surface area (Å²) < 4.78 is 22.8. The van der Waals surface area contributed by atoms with Crippen LogP contribution in [-0.2, 0) is 33.3 Å². The smallest absolute Gasteiger partial charge is 0.306 e. The summed E-state index contributed by atoms with van der Waals surface area (Å²) in [6, 6.07) is 0. The Balaban J connectivity index is 4.12. The van der Waals surface area contributed by atoms with Gasteiger partial charge in [-0.15, -0.1) is 0 Å². The van der Waals surface area contributed by atoms with E-state index in [0.717, 1.165) is 135 Å². The normalized spacial score (nSPS) is 13.7. The summed E-state index contributed by atoms with van der Waals surface area (Å²) in [5.74, 6) is -2.35. The van der Waals surface area contributed by atoms with Gasteiger partial charge in [-0.1, -0.05) is 362 Å². The fourth-order valence-corrected chi connectivity index (χ4v) is 11.1. The van der Waals surface area contributed by atoms with Crippen molar-refractivity contribution in [1.82, 2.24) is 0 Å². The lowest BCUT2D eigenvalue weighted by Crippen LogP contribution is -2.44. The van der Waals surface area contributed by atoms with Crippen molar-refractivity contribution in [3.05, 3.63) is 194 Å². The Morgan fingerprint density at radius 1 is 0.291 bits per heavy atom. The quantitative estimate of drug-likeness (QED) is 0.0195. The van der Waals surface area contributed by atoms with Crippen molar-refractivity contribution in [2.75, 3.05) is 47.5 Å². The molecule has 103 heavy (non-hydrogen) atoms. The third-order valence-corrected chi connectivity index (χ3v) is 17.3. The highest BCUT2D eigenvalue weighted by Crippen LogP contribution is 2.18. The van der Waals surface area contributed by atoms with Crippen molar-refractivity contribution < 1.29 is 42.9 Å². The molecule has 0 radical (unpaired) electrons. The number of carboxylic acid groups (broad SMARTS) is 1. The zero-order chi connectivity index (χ0) is 74.6. The van der Waals surface area contributed by atoms with Crippen LogP contribution < -0.4 is 5.11 Å². The highest BCUT2D eigenvalue weighted by Gasteiger charge is 2.22. The summed E-state index contributed by atoms with van der Waals surface area (Å²) in [5, 5.41) is 11.9. The maximum atomic E-state index is 13.0. The summed E-state index contributed by atoms with van der Waals surface area (Å²) >= 11 is 0. The minimum atomic E-state index is -1.65. The van der Waals surface area contributed by atoms with Crippen LogP contribution in [0.5, 0.6) is 0 Å². The van der Waals surface area contributed by atoms with Crippen molar-refractivity contribution in [3.63, 3.8) is 0 Å². The first-order chi connectivity index (χ1) is 50.6. The van der Waals surface area contributed by atoms with E-state index < -0.39 is 24.3 Å². The zero-order valence-electron chi connectivity index (χ0n) is 66.6. The minimum Gasteiger partial charge on any atom is -0.545 e. The molecule has 0 heterocycles. The molecule has 9 nitrogen and oxygen atoms in total. The van der Waals surface area contributed by atoms with Crippen LogP contribution in [0, 0.1) is 0 Å². The van der Waals surface area contributed by atoms with Gasteiger partial charge in [-0.05, 0) is 141 Å². The maximum Gasteiger partial charge on any atom is 0.306 e. The number of quaternary nitrogens is 1. The van der Waals surface area contributed by atoms with Gasteiger partial charge in [0.1, 0.15) is 13.2 Å². The Hall–Kier alpha value is -5.87. The summed E-state index contributed by atoms with van der Waals surface area (Å²) in [4.78, 5) is 37.6. The van der Waals surface area contributed by atoms with Gasteiger partial charge in [0.15, 0.2) is 12.4 Å². The summed E-state index contributed by atoms with van der Waals surface area (Å²) in [5.41, 5.74) is 0. The average molecular weight is 1430 g/mol. The fourth-order valence-electron chi connectivity index (χ4n) is 11.1. The number of allylic oxidation sites excluding steroid dienone is 32. The molecule has 2 unspecified atom stereocenters. The van der Waals surface area contributed by atoms with Crippen LogP contribution in [0.15, 0.2) is 194 Å². The van der Waals surface area contributed by atoms with Crippen molar-refractivity contribution >= 4 is 17.9 Å². The van der Waals surface area contributed by atoms with Gasteiger partial charge in [0.25, 0.3) is 0 Å². The number of carbonyl (C=O) groups excluding carboxylic acids is 3. The van der Waals surface area contributed by atoms with Crippen molar-refractivity contribution in [3.8, 4) is 0 Å². The van der Waals surface area contributed by atoms with E-state index in [9.17, 15) is 19.5 Å². The Morgan fingerprint density at radius 3 is 0.796 bits per heavy atom. The standard InChI is InChI=1S/C94H153NO8/c1-6-8-10-12-14-16-18-20-22-24-26-28-30-32-34-36-38-40-42-44-46-48-50-52-54-56-58-60-62-64-66-68-70-72-74-76-78-80-82-84-91(96)101-88-90(89-102-94(93(98)99)100-87-86-95(3,4)5)103-92(97)85-83-81-79-77-75-73-71-69-67-65-63-61-59-57-55-53-51-49-47-45-43-41-39-37-35-33-31-29-27-25-23-21-19-17-15-13-11-9-7-2/h8-11,14-17,20-23,26-29,33,35,39,41,45,47,51,53,57,59,63,65,69,71,75,77,90,94H,6-7,12-13,18-19,24-25,30-32,34,36-38,40,42-44,46,48-50,52,54-56,58,60-62,64,66-68,70,72-74,76,78-89H2,1-5H3/b10-8-,11-9-,16-14-,17-15-,22-20-,23-21-,28-26-,29-27-,35-33-,41-39-,47-45-,53-51-,59-57-,65-63-,71-69-,77-75-. The number of carbonyl (C=O) groups is 3. The van der Waals surface area contributed by atoms with Gasteiger partial charge in [0.05, 0.1) is 40.3 Å². The van der Waals surface area contributed by atoms with E-state index in [1.54, 1.807) is 0 Å². The number of nitrogens with zero attached hydrogens (tertiary/aromatic N) is 1. The van der Waals surface area contributed by atoms with Gasteiger partial charge >= 0.3 is 11.9 Å². The molecule has 2 atom stereocenters. The average Bonchev–Trinajstić information content (AvgIpc) is 0.985. The largest absolute Gasteiger partial charge is 0.545 e. The number of aliphatic carboxylic acids is 1. The molecule has 0 N–H and O–H groups in total. The lowest BCUT2D eigenvalue weighted by molar-refractivity contribution is -0.870. The molecule has 0 saturated heterocycles. The fraction of sp³-hybridized carbons (Fsp3) is 0.628. The highest BCUT2D eigenvalue weighted by atomic mass is 16.7. The van der Waals surface area contributed by atoms with E-state index in [0.29, 0.717) is 17.4 Å². The first-order valence-corrected chi connectivity index (χ1v) is 41.6. The molecule has 0 saturated carbocycles. The minimum absolute atomic E-state index is 0.131. The van der Waals surface area contributed by atoms with Gasteiger partial charge in [-0.25, -0.2) is 0 Å². The highest BCUT2D eigenvalue weighted by molar-refractivity contribution is 5.70. The Labute approximate surface area is 633 Å². The van der Waals surface area contributed by atoms with Crippen LogP contribution in [0.1, 0.15) is 322 Å². The number of hydrogen-bond acceptors (Lipinski definition) is 8. The molecule has 0 aliphatic carbocycles. The summed E-state index contributed by atoms with van der Waals surface area (Å²) in [7, 11) is 5.91. The number of carboxylic acids is 1. The van der Waals surface area contributed by atoms with Crippen molar-refractivity contribution in [2.45, 2.75) is 334 Å². The molecular formula is C94H153NO8. The molecule has 0 amide bonds. The Bertz CT molecular complexity index is 2410. The molecule has 0 bridgehead atoms. The lowest BCUT2D eigenvalue weighted by Gasteiger charge is -2.26. The first-order valence-electron chi connectivity index (χ1n) is 41.6.